The number of alkyl halides is 2. The summed E-state index contributed by atoms with van der Waals surface area (Å²) in [6.07, 6.45) is -1.95. The predicted octanol–water partition coefficient (Wildman–Crippen LogP) is 4.32. The Morgan fingerprint density at radius 1 is 1.24 bits per heavy atom. The van der Waals surface area contributed by atoms with Crippen molar-refractivity contribution in [3.63, 3.8) is 0 Å². The molecule has 7 heteroatoms. The van der Waals surface area contributed by atoms with Crippen molar-refractivity contribution in [3.8, 4) is 5.75 Å². The van der Waals surface area contributed by atoms with E-state index in [1.165, 1.54) is 0 Å². The van der Waals surface area contributed by atoms with Crippen molar-refractivity contribution in [2.24, 2.45) is 0 Å². The second-order valence-electron chi connectivity index (χ2n) is 4.33. The summed E-state index contributed by atoms with van der Waals surface area (Å²) in [5, 5.41) is 4.05. The minimum Gasteiger partial charge on any atom is -0.492 e. The highest BCUT2D eigenvalue weighted by atomic mass is 35.5. The van der Waals surface area contributed by atoms with Gasteiger partial charge in [-0.2, -0.15) is 0 Å². The molecule has 0 spiro atoms. The van der Waals surface area contributed by atoms with Crippen LogP contribution in [0.1, 0.15) is 24.9 Å². The fraction of sp³-hybridized carbons (Fsp3) is 0.571. The minimum absolute atomic E-state index is 0.136. The molecule has 0 saturated carbocycles. The second-order valence-corrected chi connectivity index (χ2v) is 5.15. The Labute approximate surface area is 133 Å². The van der Waals surface area contributed by atoms with Crippen LogP contribution >= 0.6 is 23.2 Å². The summed E-state index contributed by atoms with van der Waals surface area (Å²) in [6, 6.07) is 3.25. The molecule has 0 fully saturated rings. The van der Waals surface area contributed by atoms with Crippen molar-refractivity contribution >= 4 is 23.2 Å². The van der Waals surface area contributed by atoms with Gasteiger partial charge in [0.05, 0.1) is 11.6 Å². The van der Waals surface area contributed by atoms with Gasteiger partial charge in [-0.25, -0.2) is 8.78 Å². The average Bonchev–Trinajstić information content (AvgIpc) is 2.43. The van der Waals surface area contributed by atoms with E-state index >= 15 is 0 Å². The van der Waals surface area contributed by atoms with Gasteiger partial charge in [-0.15, -0.1) is 0 Å². The Balaban J connectivity index is 2.74. The maximum Gasteiger partial charge on any atom is 0.261 e. The third kappa shape index (κ3) is 5.94. The van der Waals surface area contributed by atoms with Crippen LogP contribution in [0.5, 0.6) is 5.75 Å². The van der Waals surface area contributed by atoms with Gasteiger partial charge in [0, 0.05) is 23.7 Å². The van der Waals surface area contributed by atoms with Gasteiger partial charge >= 0.3 is 0 Å². The van der Waals surface area contributed by atoms with Crippen molar-refractivity contribution in [2.75, 3.05) is 26.9 Å². The summed E-state index contributed by atoms with van der Waals surface area (Å²) in [4.78, 5) is 0. The lowest BCUT2D eigenvalue weighted by Gasteiger charge is -2.19. The van der Waals surface area contributed by atoms with E-state index in [-0.39, 0.29) is 12.6 Å². The molecule has 0 aliphatic heterocycles. The average molecular weight is 342 g/mol. The first kappa shape index (κ1) is 18.4. The van der Waals surface area contributed by atoms with Crippen molar-refractivity contribution in [3.05, 3.63) is 27.7 Å². The Hall–Kier alpha value is -0.620. The molecule has 3 nitrogen and oxygen atoms in total. The monoisotopic (exact) mass is 341 g/mol. The first-order chi connectivity index (χ1) is 9.99. The van der Waals surface area contributed by atoms with Crippen molar-refractivity contribution in [1.29, 1.82) is 0 Å². The van der Waals surface area contributed by atoms with Crippen LogP contribution in [0.25, 0.3) is 0 Å². The van der Waals surface area contributed by atoms with Crippen molar-refractivity contribution in [1.82, 2.24) is 5.32 Å². The highest BCUT2D eigenvalue weighted by Gasteiger charge is 2.16. The number of hydrogen-bond acceptors (Lipinski definition) is 3. The molecule has 0 saturated heterocycles. The highest BCUT2D eigenvalue weighted by molar-refractivity contribution is 6.34. The molecule has 0 aliphatic rings. The van der Waals surface area contributed by atoms with Crippen LogP contribution in [-0.2, 0) is 4.74 Å². The number of benzene rings is 1. The van der Waals surface area contributed by atoms with E-state index in [2.05, 4.69) is 5.32 Å². The van der Waals surface area contributed by atoms with Crippen molar-refractivity contribution < 1.29 is 18.3 Å². The largest absolute Gasteiger partial charge is 0.492 e. The van der Waals surface area contributed by atoms with Gasteiger partial charge in [0.1, 0.15) is 12.4 Å². The fourth-order valence-electron chi connectivity index (χ4n) is 1.91. The lowest BCUT2D eigenvalue weighted by Crippen LogP contribution is -2.19. The Morgan fingerprint density at radius 2 is 1.95 bits per heavy atom. The van der Waals surface area contributed by atoms with E-state index < -0.39 is 13.0 Å². The smallest absolute Gasteiger partial charge is 0.261 e. The van der Waals surface area contributed by atoms with E-state index in [1.54, 1.807) is 19.2 Å². The molecule has 1 N–H and O–H groups in total. The number of nitrogens with one attached hydrogen (secondary N) is 1. The minimum atomic E-state index is -2.46. The van der Waals surface area contributed by atoms with E-state index in [9.17, 15) is 8.78 Å². The molecular weight excluding hydrogens is 323 g/mol. The third-order valence-electron chi connectivity index (χ3n) is 2.87. The Morgan fingerprint density at radius 3 is 2.52 bits per heavy atom. The molecule has 21 heavy (non-hydrogen) atoms. The molecule has 0 aliphatic carbocycles. The molecule has 1 aromatic rings. The quantitative estimate of drug-likeness (QED) is 0.678. The summed E-state index contributed by atoms with van der Waals surface area (Å²) in [5.74, 6) is 0.525. The lowest BCUT2D eigenvalue weighted by atomic mass is 10.0. The molecule has 0 amide bonds. The van der Waals surface area contributed by atoms with Crippen LogP contribution in [-0.4, -0.2) is 33.3 Å². The van der Waals surface area contributed by atoms with E-state index in [1.807, 2.05) is 6.92 Å². The first-order valence-electron chi connectivity index (χ1n) is 6.64. The molecule has 1 aromatic carbocycles. The van der Waals surface area contributed by atoms with Gasteiger partial charge in [0.25, 0.3) is 6.43 Å². The normalized spacial score (nSPS) is 12.7. The van der Waals surface area contributed by atoms with Crippen LogP contribution in [0.15, 0.2) is 12.1 Å². The Bertz CT molecular complexity index is 447. The van der Waals surface area contributed by atoms with E-state index in [0.29, 0.717) is 28.8 Å². The van der Waals surface area contributed by atoms with Gasteiger partial charge in [0.2, 0.25) is 0 Å². The van der Waals surface area contributed by atoms with Gasteiger partial charge < -0.3 is 14.8 Å². The molecule has 1 rings (SSSR count). The number of halogens is 4. The molecule has 0 aromatic heterocycles. The van der Waals surface area contributed by atoms with E-state index in [0.717, 1.165) is 5.56 Å². The zero-order valence-electron chi connectivity index (χ0n) is 12.0. The summed E-state index contributed by atoms with van der Waals surface area (Å²) in [7, 11) is 1.76. The summed E-state index contributed by atoms with van der Waals surface area (Å²) < 4.78 is 34.3. The number of rotatable bonds is 9. The van der Waals surface area contributed by atoms with Gasteiger partial charge in [-0.3, -0.25) is 0 Å². The topological polar surface area (TPSA) is 30.5 Å². The van der Waals surface area contributed by atoms with Crippen LogP contribution in [0.4, 0.5) is 8.78 Å². The molecule has 0 radical (unpaired) electrons. The molecule has 1 unspecified atom stereocenters. The summed E-state index contributed by atoms with van der Waals surface area (Å²) in [5.41, 5.74) is 0.785. The van der Waals surface area contributed by atoms with Gasteiger partial charge in [0.15, 0.2) is 0 Å². The molecule has 1 atom stereocenters. The highest BCUT2D eigenvalue weighted by Crippen LogP contribution is 2.35. The lowest BCUT2D eigenvalue weighted by molar-refractivity contribution is 0.0145. The van der Waals surface area contributed by atoms with Crippen molar-refractivity contribution in [2.45, 2.75) is 25.8 Å². The number of ether oxygens (including phenoxy) is 2. The fourth-order valence-corrected chi connectivity index (χ4v) is 2.42. The van der Waals surface area contributed by atoms with Crippen LogP contribution in [0, 0.1) is 0 Å². The second kappa shape index (κ2) is 9.41. The standard InChI is InChI=1S/C14H19Cl2F2NO2/c1-3-21-13-7-10(15)9(6-11(13)16)12(19-2)4-5-20-8-14(17)18/h6-7,12,14,19H,3-5,8H2,1-2H3. The zero-order valence-corrected chi connectivity index (χ0v) is 13.5. The van der Waals surface area contributed by atoms with E-state index in [4.69, 9.17) is 32.7 Å². The van der Waals surface area contributed by atoms with Gasteiger partial charge in [-0.05, 0) is 32.0 Å². The molecular formula is C14H19Cl2F2NO2. The number of hydrogen-bond donors (Lipinski definition) is 1. The molecule has 0 bridgehead atoms. The molecule has 120 valence electrons. The first-order valence-corrected chi connectivity index (χ1v) is 7.40. The van der Waals surface area contributed by atoms with Crippen LogP contribution < -0.4 is 10.1 Å². The zero-order chi connectivity index (χ0) is 15.8. The van der Waals surface area contributed by atoms with Crippen LogP contribution in [0.2, 0.25) is 10.0 Å². The van der Waals surface area contributed by atoms with Crippen LogP contribution in [0.3, 0.4) is 0 Å². The maximum atomic E-state index is 12.0. The van der Waals surface area contributed by atoms with Gasteiger partial charge in [-0.1, -0.05) is 23.2 Å². The molecule has 0 heterocycles. The summed E-state index contributed by atoms with van der Waals surface area (Å²) >= 11 is 12.4. The maximum absolute atomic E-state index is 12.0. The Kier molecular flexibility index (Phi) is 8.26. The third-order valence-corrected chi connectivity index (χ3v) is 3.49. The summed E-state index contributed by atoms with van der Waals surface area (Å²) in [6.45, 7) is 1.99. The SMILES string of the molecule is CCOc1cc(Cl)c(C(CCOCC(F)F)NC)cc1Cl. The predicted molar refractivity (Wildman–Crippen MR) is 80.9 cm³/mol.